The third-order valence-corrected chi connectivity index (χ3v) is 7.25. The highest BCUT2D eigenvalue weighted by molar-refractivity contribution is 6.31. The van der Waals surface area contributed by atoms with Gasteiger partial charge in [0.05, 0.1) is 12.1 Å². The van der Waals surface area contributed by atoms with Crippen LogP contribution in [0.1, 0.15) is 30.4 Å². The smallest absolute Gasteiger partial charge is 0.248 e. The summed E-state index contributed by atoms with van der Waals surface area (Å²) in [6.45, 7) is 1.91. The van der Waals surface area contributed by atoms with E-state index in [4.69, 9.17) is 23.8 Å². The molecule has 3 aliphatic rings. The number of carbonyl (C=O) groups excluding carboxylic acids is 2. The molecule has 5 rings (SSSR count). The Balaban J connectivity index is 1.88. The number of fused-ring (bicyclic) bond motifs is 3. The van der Waals surface area contributed by atoms with Gasteiger partial charge in [0, 0.05) is 39.7 Å². The molecule has 1 spiro atoms. The molecule has 7 heteroatoms. The van der Waals surface area contributed by atoms with Crippen LogP contribution >= 0.6 is 11.6 Å². The number of Topliss-reactive ketones (excluding diaryl/α,β-unsaturated/α-hetero) is 1. The van der Waals surface area contributed by atoms with Gasteiger partial charge >= 0.3 is 0 Å². The van der Waals surface area contributed by atoms with E-state index in [0.29, 0.717) is 46.1 Å². The molecule has 6 nitrogen and oxygen atoms in total. The summed E-state index contributed by atoms with van der Waals surface area (Å²) in [5.41, 5.74) is 8.68. The van der Waals surface area contributed by atoms with Crippen molar-refractivity contribution >= 4 is 34.7 Å². The standard InChI is InChI=1S/C27H21ClN4O2/c1-3-13-31-21-8-5-4-7-18(21)27(26(31)34)19(15-29)25(30)32(17-12-11-16(2)20(28)14-17)22-9-6-10-23(33)24(22)27/h1,4-5,7-8,11-12,14H,6,9-10,13,30H2,2H3/t27-/m1/s1. The number of nitriles is 1. The number of ketones is 1. The number of amides is 1. The molecule has 0 saturated carbocycles. The lowest BCUT2D eigenvalue weighted by molar-refractivity contribution is -0.124. The summed E-state index contributed by atoms with van der Waals surface area (Å²) in [5, 5.41) is 10.9. The van der Waals surface area contributed by atoms with Crippen molar-refractivity contribution in [2.24, 2.45) is 5.73 Å². The summed E-state index contributed by atoms with van der Waals surface area (Å²) in [6.07, 6.45) is 7.00. The van der Waals surface area contributed by atoms with Crippen LogP contribution in [0, 0.1) is 30.6 Å². The predicted octanol–water partition coefficient (Wildman–Crippen LogP) is 4.09. The van der Waals surface area contributed by atoms with E-state index < -0.39 is 11.3 Å². The first kappa shape index (κ1) is 21.8. The van der Waals surface area contributed by atoms with Crippen molar-refractivity contribution in [3.63, 3.8) is 0 Å². The molecule has 0 saturated heterocycles. The van der Waals surface area contributed by atoms with Crippen molar-refractivity contribution in [3.8, 4) is 18.4 Å². The minimum absolute atomic E-state index is 0.0182. The van der Waals surface area contributed by atoms with E-state index in [9.17, 15) is 14.9 Å². The van der Waals surface area contributed by atoms with Gasteiger partial charge in [0.1, 0.15) is 17.3 Å². The quantitative estimate of drug-likeness (QED) is 0.670. The Morgan fingerprint density at radius 3 is 2.68 bits per heavy atom. The molecule has 2 aromatic carbocycles. The van der Waals surface area contributed by atoms with Crippen LogP contribution in [-0.4, -0.2) is 18.2 Å². The van der Waals surface area contributed by atoms with Gasteiger partial charge in [-0.15, -0.1) is 6.42 Å². The van der Waals surface area contributed by atoms with Crippen LogP contribution in [-0.2, 0) is 15.0 Å². The molecule has 2 aliphatic heterocycles. The van der Waals surface area contributed by atoms with Gasteiger partial charge in [-0.25, -0.2) is 0 Å². The van der Waals surface area contributed by atoms with Crippen LogP contribution in [0.25, 0.3) is 0 Å². The van der Waals surface area contributed by atoms with Gasteiger partial charge in [-0.1, -0.05) is 41.8 Å². The largest absolute Gasteiger partial charge is 0.384 e. The van der Waals surface area contributed by atoms with E-state index in [1.807, 2.05) is 19.1 Å². The molecular formula is C27H21ClN4O2. The number of rotatable bonds is 2. The molecule has 34 heavy (non-hydrogen) atoms. The molecule has 1 amide bonds. The van der Waals surface area contributed by atoms with E-state index in [2.05, 4.69) is 12.0 Å². The van der Waals surface area contributed by atoms with Gasteiger partial charge in [0.2, 0.25) is 5.91 Å². The van der Waals surface area contributed by atoms with E-state index in [0.717, 1.165) is 5.56 Å². The fourth-order valence-electron chi connectivity index (χ4n) is 5.39. The second kappa shape index (κ2) is 7.80. The number of terminal acetylenes is 1. The fraction of sp³-hybridized carbons (Fsp3) is 0.222. The molecule has 0 fully saturated rings. The van der Waals surface area contributed by atoms with E-state index in [-0.39, 0.29) is 30.1 Å². The summed E-state index contributed by atoms with van der Waals surface area (Å²) < 4.78 is 0. The first-order valence-corrected chi connectivity index (χ1v) is 11.3. The lowest BCUT2D eigenvalue weighted by Crippen LogP contribution is -2.52. The van der Waals surface area contributed by atoms with Crippen LogP contribution in [0.5, 0.6) is 0 Å². The van der Waals surface area contributed by atoms with Gasteiger partial charge in [-0.05, 0) is 43.5 Å². The Hall–Kier alpha value is -4.00. The van der Waals surface area contributed by atoms with E-state index in [1.54, 1.807) is 35.2 Å². The molecule has 0 bridgehead atoms. The molecule has 0 unspecified atom stereocenters. The van der Waals surface area contributed by atoms with E-state index in [1.165, 1.54) is 4.90 Å². The molecule has 0 radical (unpaired) electrons. The molecular weight excluding hydrogens is 448 g/mol. The summed E-state index contributed by atoms with van der Waals surface area (Å²) in [5.74, 6) is 2.05. The summed E-state index contributed by atoms with van der Waals surface area (Å²) >= 11 is 6.41. The van der Waals surface area contributed by atoms with Crippen molar-refractivity contribution in [2.75, 3.05) is 16.3 Å². The zero-order valence-electron chi connectivity index (χ0n) is 18.6. The zero-order valence-corrected chi connectivity index (χ0v) is 19.3. The molecule has 1 atom stereocenters. The number of benzene rings is 2. The van der Waals surface area contributed by atoms with Crippen LogP contribution in [0.4, 0.5) is 11.4 Å². The number of hydrogen-bond acceptors (Lipinski definition) is 5. The summed E-state index contributed by atoms with van der Waals surface area (Å²) in [6, 6.07) is 14.8. The van der Waals surface area contributed by atoms with Crippen molar-refractivity contribution in [1.82, 2.24) is 0 Å². The number of nitrogens with two attached hydrogens (primary N) is 1. The second-order valence-corrected chi connectivity index (χ2v) is 9.01. The maximum atomic E-state index is 14.1. The lowest BCUT2D eigenvalue weighted by atomic mass is 9.64. The number of carbonyl (C=O) groups is 2. The number of aryl methyl sites for hydroxylation is 1. The fourth-order valence-corrected chi connectivity index (χ4v) is 5.57. The van der Waals surface area contributed by atoms with Gasteiger partial charge in [0.15, 0.2) is 5.78 Å². The average molecular weight is 469 g/mol. The summed E-state index contributed by atoms with van der Waals surface area (Å²) in [4.78, 5) is 30.9. The Kier molecular flexibility index (Phi) is 5.01. The number of halogens is 1. The monoisotopic (exact) mass is 468 g/mol. The number of para-hydroxylation sites is 1. The molecule has 2 heterocycles. The third kappa shape index (κ3) is 2.70. The van der Waals surface area contributed by atoms with Crippen LogP contribution in [0.3, 0.4) is 0 Å². The highest BCUT2D eigenvalue weighted by atomic mass is 35.5. The Morgan fingerprint density at radius 2 is 1.97 bits per heavy atom. The highest BCUT2D eigenvalue weighted by Gasteiger charge is 2.62. The minimum atomic E-state index is -1.62. The van der Waals surface area contributed by atoms with Gasteiger partial charge in [-0.2, -0.15) is 5.26 Å². The molecule has 168 valence electrons. The Bertz CT molecular complexity index is 1420. The number of nitrogens with zero attached hydrogens (tertiary/aromatic N) is 3. The average Bonchev–Trinajstić information content (AvgIpc) is 3.06. The Morgan fingerprint density at radius 1 is 1.21 bits per heavy atom. The van der Waals surface area contributed by atoms with E-state index >= 15 is 0 Å². The lowest BCUT2D eigenvalue weighted by Gasteiger charge is -2.43. The van der Waals surface area contributed by atoms with Crippen molar-refractivity contribution in [2.45, 2.75) is 31.6 Å². The van der Waals surface area contributed by atoms with Crippen molar-refractivity contribution in [1.29, 1.82) is 5.26 Å². The maximum Gasteiger partial charge on any atom is 0.248 e. The van der Waals surface area contributed by atoms with Crippen molar-refractivity contribution in [3.05, 3.63) is 81.3 Å². The third-order valence-electron chi connectivity index (χ3n) is 6.84. The second-order valence-electron chi connectivity index (χ2n) is 8.60. The molecule has 1 aliphatic carbocycles. The van der Waals surface area contributed by atoms with Crippen LogP contribution in [0.15, 0.2) is 65.1 Å². The topological polar surface area (TPSA) is 90.4 Å². The molecule has 0 aromatic heterocycles. The highest BCUT2D eigenvalue weighted by Crippen LogP contribution is 2.56. The Labute approximate surface area is 202 Å². The van der Waals surface area contributed by atoms with Gasteiger partial charge in [-0.3, -0.25) is 19.4 Å². The van der Waals surface area contributed by atoms with Crippen LogP contribution in [0.2, 0.25) is 5.02 Å². The normalized spacial score (nSPS) is 21.5. The van der Waals surface area contributed by atoms with Gasteiger partial charge < -0.3 is 5.73 Å². The zero-order chi connectivity index (χ0) is 24.2. The predicted molar refractivity (Wildman–Crippen MR) is 131 cm³/mol. The molecule has 2 N–H and O–H groups in total. The SMILES string of the molecule is C#CCN1C(=O)[C@@]2(C(C#N)=C(N)N(c3ccc(C)c(Cl)c3)C3=C2C(=O)CCC3)c2ccccc21. The van der Waals surface area contributed by atoms with Gasteiger partial charge in [0.25, 0.3) is 0 Å². The first-order chi connectivity index (χ1) is 16.4. The van der Waals surface area contributed by atoms with Crippen LogP contribution < -0.4 is 15.5 Å². The number of hydrogen-bond donors (Lipinski definition) is 1. The molecule has 2 aromatic rings. The first-order valence-electron chi connectivity index (χ1n) is 11.0. The van der Waals surface area contributed by atoms with Crippen molar-refractivity contribution < 1.29 is 9.59 Å². The summed E-state index contributed by atoms with van der Waals surface area (Å²) in [7, 11) is 0. The number of allylic oxidation sites excluding steroid dienone is 1. The maximum absolute atomic E-state index is 14.1. The minimum Gasteiger partial charge on any atom is -0.384 e. The number of anilines is 2.